The minimum absolute atomic E-state index is 0.563. The number of halogens is 2. The number of fused-ring (bicyclic) bond motifs is 1. The van der Waals surface area contributed by atoms with E-state index < -0.39 is 0 Å². The van der Waals surface area contributed by atoms with Gasteiger partial charge in [0.25, 0.3) is 0 Å². The molecular weight excluding hydrogens is 277 g/mol. The van der Waals surface area contributed by atoms with Gasteiger partial charge in [-0.2, -0.15) is 0 Å². The topological polar surface area (TPSA) is 22.1 Å². The average molecular weight is 287 g/mol. The predicted molar refractivity (Wildman–Crippen MR) is 65.2 cm³/mol. The molecule has 1 aromatic heterocycles. The van der Waals surface area contributed by atoms with Crippen molar-refractivity contribution < 1.29 is 4.74 Å². The van der Waals surface area contributed by atoms with Crippen LogP contribution in [0, 0.1) is 0 Å². The summed E-state index contributed by atoms with van der Waals surface area (Å²) < 4.78 is 5.96. The van der Waals surface area contributed by atoms with Crippen LogP contribution in [0.5, 0.6) is 0 Å². The molecule has 0 saturated heterocycles. The molecular formula is C11H9BrClNO. The van der Waals surface area contributed by atoms with E-state index in [-0.39, 0.29) is 0 Å². The van der Waals surface area contributed by atoms with Crippen molar-refractivity contribution in [2.75, 3.05) is 7.11 Å². The second kappa shape index (κ2) is 4.47. The van der Waals surface area contributed by atoms with Gasteiger partial charge in [0.1, 0.15) is 0 Å². The zero-order valence-corrected chi connectivity index (χ0v) is 10.5. The Kier molecular flexibility index (Phi) is 3.24. The smallest absolute Gasteiger partial charge is 0.0845 e. The fourth-order valence-electron chi connectivity index (χ4n) is 1.46. The molecule has 0 bridgehead atoms. The molecule has 15 heavy (non-hydrogen) atoms. The number of ether oxygens (including phenoxy) is 1. The third-order valence-electron chi connectivity index (χ3n) is 2.07. The summed E-state index contributed by atoms with van der Waals surface area (Å²) in [4.78, 5) is 4.35. The second-order valence-electron chi connectivity index (χ2n) is 3.24. The highest BCUT2D eigenvalue weighted by molar-refractivity contribution is 9.10. The van der Waals surface area contributed by atoms with Crippen LogP contribution in [0.15, 0.2) is 28.9 Å². The molecule has 4 heteroatoms. The second-order valence-corrected chi connectivity index (χ2v) is 4.53. The van der Waals surface area contributed by atoms with Gasteiger partial charge in [-0.05, 0) is 39.7 Å². The van der Waals surface area contributed by atoms with Gasteiger partial charge in [-0.25, -0.2) is 0 Å². The summed E-state index contributed by atoms with van der Waals surface area (Å²) in [6.45, 7) is 0.563. The van der Waals surface area contributed by atoms with Crippen LogP contribution in [0.1, 0.15) is 5.56 Å². The quantitative estimate of drug-likeness (QED) is 0.838. The fraction of sp³-hybridized carbons (Fsp3) is 0.182. The van der Waals surface area contributed by atoms with E-state index in [4.69, 9.17) is 16.3 Å². The van der Waals surface area contributed by atoms with Gasteiger partial charge in [0.05, 0.1) is 12.1 Å². The lowest BCUT2D eigenvalue weighted by Crippen LogP contribution is -1.90. The molecule has 0 saturated carbocycles. The van der Waals surface area contributed by atoms with Crippen LogP contribution in [0.4, 0.5) is 0 Å². The lowest BCUT2D eigenvalue weighted by atomic mass is 10.2. The van der Waals surface area contributed by atoms with Gasteiger partial charge in [-0.1, -0.05) is 11.6 Å². The predicted octanol–water partition coefficient (Wildman–Crippen LogP) is 3.80. The van der Waals surface area contributed by atoms with Gasteiger partial charge in [-0.3, -0.25) is 4.98 Å². The van der Waals surface area contributed by atoms with Crippen molar-refractivity contribution in [3.05, 3.63) is 39.5 Å². The van der Waals surface area contributed by atoms with Crippen LogP contribution < -0.4 is 0 Å². The van der Waals surface area contributed by atoms with Crippen LogP contribution >= 0.6 is 27.5 Å². The zero-order valence-electron chi connectivity index (χ0n) is 8.13. The highest BCUT2D eigenvalue weighted by atomic mass is 79.9. The third-order valence-corrected chi connectivity index (χ3v) is 2.89. The maximum absolute atomic E-state index is 5.96. The Balaban J connectivity index is 2.60. The monoisotopic (exact) mass is 285 g/mol. The lowest BCUT2D eigenvalue weighted by Gasteiger charge is -2.04. The van der Waals surface area contributed by atoms with Gasteiger partial charge < -0.3 is 4.74 Å². The van der Waals surface area contributed by atoms with E-state index in [0.717, 1.165) is 20.9 Å². The van der Waals surface area contributed by atoms with Gasteiger partial charge in [0, 0.05) is 28.2 Å². The first-order chi connectivity index (χ1) is 7.20. The number of rotatable bonds is 2. The Morgan fingerprint density at radius 3 is 2.93 bits per heavy atom. The van der Waals surface area contributed by atoms with Crippen molar-refractivity contribution in [2.45, 2.75) is 6.61 Å². The highest BCUT2D eigenvalue weighted by Gasteiger charge is 2.03. The van der Waals surface area contributed by atoms with E-state index in [2.05, 4.69) is 20.9 Å². The molecule has 78 valence electrons. The summed E-state index contributed by atoms with van der Waals surface area (Å²) in [5.41, 5.74) is 1.96. The number of hydrogen-bond donors (Lipinski definition) is 0. The van der Waals surface area contributed by atoms with Crippen LogP contribution in [0.2, 0.25) is 5.02 Å². The summed E-state index contributed by atoms with van der Waals surface area (Å²) in [6.07, 6.45) is 1.81. The highest BCUT2D eigenvalue weighted by Crippen LogP contribution is 2.27. The van der Waals surface area contributed by atoms with E-state index >= 15 is 0 Å². The van der Waals surface area contributed by atoms with E-state index in [1.165, 1.54) is 0 Å². The van der Waals surface area contributed by atoms with E-state index in [1.54, 1.807) is 7.11 Å². The number of benzene rings is 1. The summed E-state index contributed by atoms with van der Waals surface area (Å²) in [5, 5.41) is 1.72. The number of hydrogen-bond acceptors (Lipinski definition) is 2. The zero-order chi connectivity index (χ0) is 10.8. The molecule has 1 heterocycles. The fourth-order valence-corrected chi connectivity index (χ4v) is 2.40. The van der Waals surface area contributed by atoms with E-state index in [1.807, 2.05) is 24.4 Å². The molecule has 0 fully saturated rings. The number of pyridine rings is 1. The average Bonchev–Trinajstić information content (AvgIpc) is 2.17. The van der Waals surface area contributed by atoms with Crippen molar-refractivity contribution >= 4 is 38.4 Å². The molecule has 0 aliphatic rings. The maximum Gasteiger partial charge on any atom is 0.0845 e. The molecule has 0 amide bonds. The van der Waals surface area contributed by atoms with Crippen molar-refractivity contribution in [1.29, 1.82) is 0 Å². The SMILES string of the molecule is COCc1cnc2c(Br)cc(Cl)cc2c1. The minimum Gasteiger partial charge on any atom is -0.380 e. The summed E-state index contributed by atoms with van der Waals surface area (Å²) in [6, 6.07) is 5.77. The Labute approximate surface area is 101 Å². The van der Waals surface area contributed by atoms with Crippen LogP contribution in [0.3, 0.4) is 0 Å². The van der Waals surface area contributed by atoms with Crippen molar-refractivity contribution in [3.63, 3.8) is 0 Å². The molecule has 0 aliphatic carbocycles. The summed E-state index contributed by atoms with van der Waals surface area (Å²) >= 11 is 9.40. The first kappa shape index (κ1) is 10.9. The summed E-state index contributed by atoms with van der Waals surface area (Å²) in [5.74, 6) is 0. The van der Waals surface area contributed by atoms with Gasteiger partial charge in [0.15, 0.2) is 0 Å². The maximum atomic E-state index is 5.96. The molecule has 0 aliphatic heterocycles. The molecule has 0 radical (unpaired) electrons. The van der Waals surface area contributed by atoms with Crippen LogP contribution in [0.25, 0.3) is 10.9 Å². The summed E-state index contributed by atoms with van der Waals surface area (Å²) in [7, 11) is 1.66. The lowest BCUT2D eigenvalue weighted by molar-refractivity contribution is 0.185. The van der Waals surface area contributed by atoms with Gasteiger partial charge >= 0.3 is 0 Å². The van der Waals surface area contributed by atoms with Crippen molar-refractivity contribution in [2.24, 2.45) is 0 Å². The van der Waals surface area contributed by atoms with Gasteiger partial charge in [0.2, 0.25) is 0 Å². The molecule has 0 N–H and O–H groups in total. The van der Waals surface area contributed by atoms with Crippen LogP contribution in [-0.4, -0.2) is 12.1 Å². The van der Waals surface area contributed by atoms with Crippen LogP contribution in [-0.2, 0) is 11.3 Å². The molecule has 0 unspecified atom stereocenters. The first-order valence-corrected chi connectivity index (χ1v) is 5.60. The Morgan fingerprint density at radius 1 is 1.40 bits per heavy atom. The van der Waals surface area contributed by atoms with Crippen molar-refractivity contribution in [3.8, 4) is 0 Å². The largest absolute Gasteiger partial charge is 0.380 e. The van der Waals surface area contributed by atoms with E-state index in [0.29, 0.717) is 11.6 Å². The van der Waals surface area contributed by atoms with Gasteiger partial charge in [-0.15, -0.1) is 0 Å². The number of aromatic nitrogens is 1. The minimum atomic E-state index is 0.563. The molecule has 2 rings (SSSR count). The molecule has 0 atom stereocenters. The van der Waals surface area contributed by atoms with E-state index in [9.17, 15) is 0 Å². The molecule has 2 nitrogen and oxygen atoms in total. The normalized spacial score (nSPS) is 10.9. The number of nitrogens with zero attached hydrogens (tertiary/aromatic N) is 1. The first-order valence-electron chi connectivity index (χ1n) is 4.43. The number of methoxy groups -OCH3 is 1. The van der Waals surface area contributed by atoms with Crippen molar-refractivity contribution in [1.82, 2.24) is 4.98 Å². The molecule has 0 spiro atoms. The third kappa shape index (κ3) is 2.30. The Bertz CT molecular complexity index is 501. The molecule has 2 aromatic rings. The Hall–Kier alpha value is -0.640. The standard InChI is InChI=1S/C11H9BrClNO/c1-15-6-7-2-8-3-9(13)4-10(12)11(8)14-5-7/h2-5H,6H2,1H3. The Morgan fingerprint density at radius 2 is 2.20 bits per heavy atom. The molecule has 1 aromatic carbocycles.